The molecule has 0 saturated heterocycles. The standard InChI is InChI=1S/C24H20ClN3O/c25-18-6-3-5-16(15-18)22(29)26-19-11-9-17(10-12-19)24(13-4-14-24)23-27-20-7-1-2-8-21(20)28-23/h1-3,5-12,15H,4,13-14H2,(H,26,29)(H,27,28). The topological polar surface area (TPSA) is 57.8 Å². The fraction of sp³-hybridized carbons (Fsp3) is 0.167. The molecule has 1 aliphatic rings. The molecule has 1 saturated carbocycles. The van der Waals surface area contributed by atoms with Gasteiger partial charge in [-0.3, -0.25) is 4.79 Å². The van der Waals surface area contributed by atoms with Crippen LogP contribution in [0.4, 0.5) is 5.69 Å². The van der Waals surface area contributed by atoms with E-state index in [9.17, 15) is 4.79 Å². The minimum Gasteiger partial charge on any atom is -0.341 e. The number of aromatic amines is 1. The molecule has 144 valence electrons. The predicted octanol–water partition coefficient (Wildman–Crippen LogP) is 5.94. The SMILES string of the molecule is O=C(Nc1ccc(C2(c3nc4ccccc4[nH]3)CCC2)cc1)c1cccc(Cl)c1. The lowest BCUT2D eigenvalue weighted by molar-refractivity contribution is 0.102. The monoisotopic (exact) mass is 401 g/mol. The highest BCUT2D eigenvalue weighted by molar-refractivity contribution is 6.31. The molecule has 1 aromatic heterocycles. The van der Waals surface area contributed by atoms with Crippen LogP contribution in [-0.2, 0) is 5.41 Å². The number of hydrogen-bond donors (Lipinski definition) is 2. The first-order valence-electron chi connectivity index (χ1n) is 9.77. The van der Waals surface area contributed by atoms with E-state index >= 15 is 0 Å². The molecule has 5 rings (SSSR count). The highest BCUT2D eigenvalue weighted by Gasteiger charge is 2.43. The second kappa shape index (κ2) is 7.05. The number of carbonyl (C=O) groups is 1. The zero-order valence-electron chi connectivity index (χ0n) is 15.8. The summed E-state index contributed by atoms with van der Waals surface area (Å²) in [6, 6.07) is 23.2. The van der Waals surface area contributed by atoms with E-state index < -0.39 is 0 Å². The Morgan fingerprint density at radius 1 is 1.00 bits per heavy atom. The highest BCUT2D eigenvalue weighted by Crippen LogP contribution is 2.48. The van der Waals surface area contributed by atoms with Crippen LogP contribution in [0.25, 0.3) is 11.0 Å². The number of para-hydroxylation sites is 2. The van der Waals surface area contributed by atoms with Crippen LogP contribution >= 0.6 is 11.6 Å². The number of fused-ring (bicyclic) bond motifs is 1. The van der Waals surface area contributed by atoms with E-state index in [-0.39, 0.29) is 11.3 Å². The molecular formula is C24H20ClN3O. The summed E-state index contributed by atoms with van der Waals surface area (Å²) < 4.78 is 0. The quantitative estimate of drug-likeness (QED) is 0.444. The lowest BCUT2D eigenvalue weighted by atomic mass is 9.64. The molecule has 0 atom stereocenters. The average Bonchev–Trinajstić information content (AvgIpc) is 3.12. The van der Waals surface area contributed by atoms with Crippen molar-refractivity contribution in [2.75, 3.05) is 5.32 Å². The molecule has 0 radical (unpaired) electrons. The van der Waals surface area contributed by atoms with Crippen LogP contribution in [0.15, 0.2) is 72.8 Å². The largest absolute Gasteiger partial charge is 0.341 e. The summed E-state index contributed by atoms with van der Waals surface area (Å²) in [5.41, 5.74) is 4.52. The Balaban J connectivity index is 1.40. The number of aromatic nitrogens is 2. The molecule has 2 N–H and O–H groups in total. The third-order valence-electron chi connectivity index (χ3n) is 5.83. The Hall–Kier alpha value is -3.11. The number of carbonyl (C=O) groups excluding carboxylic acids is 1. The number of rotatable bonds is 4. The number of imidazole rings is 1. The van der Waals surface area contributed by atoms with Crippen molar-refractivity contribution in [1.82, 2.24) is 9.97 Å². The van der Waals surface area contributed by atoms with E-state index in [1.807, 2.05) is 30.3 Å². The molecule has 1 heterocycles. The summed E-state index contributed by atoms with van der Waals surface area (Å²) in [5.74, 6) is 0.858. The van der Waals surface area contributed by atoms with E-state index in [0.29, 0.717) is 10.6 Å². The number of nitrogens with one attached hydrogen (secondary N) is 2. The predicted molar refractivity (Wildman–Crippen MR) is 117 cm³/mol. The van der Waals surface area contributed by atoms with E-state index in [1.165, 1.54) is 12.0 Å². The lowest BCUT2D eigenvalue weighted by Crippen LogP contribution is -2.36. The van der Waals surface area contributed by atoms with E-state index in [4.69, 9.17) is 16.6 Å². The number of halogens is 1. The summed E-state index contributed by atoms with van der Waals surface area (Å²) in [4.78, 5) is 20.8. The van der Waals surface area contributed by atoms with Gasteiger partial charge in [-0.15, -0.1) is 0 Å². The molecule has 29 heavy (non-hydrogen) atoms. The third kappa shape index (κ3) is 3.19. The normalized spacial score (nSPS) is 15.1. The Morgan fingerprint density at radius 2 is 1.79 bits per heavy atom. The van der Waals surface area contributed by atoms with Crippen LogP contribution in [0.1, 0.15) is 41.0 Å². The van der Waals surface area contributed by atoms with E-state index in [0.717, 1.165) is 35.4 Å². The van der Waals surface area contributed by atoms with Gasteiger partial charge in [0.1, 0.15) is 5.82 Å². The number of benzene rings is 3. The van der Waals surface area contributed by atoms with Crippen molar-refractivity contribution in [2.45, 2.75) is 24.7 Å². The average molecular weight is 402 g/mol. The van der Waals surface area contributed by atoms with Crippen molar-refractivity contribution in [3.8, 4) is 0 Å². The summed E-state index contributed by atoms with van der Waals surface area (Å²) in [5, 5.41) is 3.49. The van der Waals surface area contributed by atoms with Crippen molar-refractivity contribution in [3.05, 3.63) is 94.8 Å². The molecule has 1 amide bonds. The zero-order valence-corrected chi connectivity index (χ0v) is 16.5. The van der Waals surface area contributed by atoms with Crippen LogP contribution in [0.2, 0.25) is 5.02 Å². The van der Waals surface area contributed by atoms with Crippen molar-refractivity contribution in [2.24, 2.45) is 0 Å². The Kier molecular flexibility index (Phi) is 4.36. The van der Waals surface area contributed by atoms with Gasteiger partial charge in [-0.05, 0) is 60.9 Å². The molecule has 0 unspecified atom stereocenters. The molecule has 3 aromatic carbocycles. The molecule has 1 fully saturated rings. The number of hydrogen-bond acceptors (Lipinski definition) is 2. The van der Waals surface area contributed by atoms with Gasteiger partial charge in [0.05, 0.1) is 16.4 Å². The van der Waals surface area contributed by atoms with Gasteiger partial charge in [0.25, 0.3) is 5.91 Å². The zero-order chi connectivity index (χ0) is 19.8. The fourth-order valence-electron chi connectivity index (χ4n) is 4.08. The summed E-state index contributed by atoms with van der Waals surface area (Å²) in [6.07, 6.45) is 3.33. The molecular weight excluding hydrogens is 382 g/mol. The maximum Gasteiger partial charge on any atom is 0.255 e. The number of nitrogens with zero attached hydrogens (tertiary/aromatic N) is 1. The van der Waals surface area contributed by atoms with Gasteiger partial charge in [-0.1, -0.05) is 48.4 Å². The molecule has 5 heteroatoms. The van der Waals surface area contributed by atoms with Gasteiger partial charge in [0, 0.05) is 16.3 Å². The molecule has 0 aliphatic heterocycles. The maximum atomic E-state index is 12.5. The molecule has 4 nitrogen and oxygen atoms in total. The fourth-order valence-corrected chi connectivity index (χ4v) is 4.27. The number of anilines is 1. The minimum atomic E-state index is -0.170. The second-order valence-electron chi connectivity index (χ2n) is 7.58. The first-order chi connectivity index (χ1) is 14.1. The van der Waals surface area contributed by atoms with Gasteiger partial charge in [0.2, 0.25) is 0 Å². The Morgan fingerprint density at radius 3 is 2.48 bits per heavy atom. The van der Waals surface area contributed by atoms with Crippen LogP contribution in [0.3, 0.4) is 0 Å². The highest BCUT2D eigenvalue weighted by atomic mass is 35.5. The van der Waals surface area contributed by atoms with E-state index in [1.54, 1.807) is 24.3 Å². The summed E-state index contributed by atoms with van der Waals surface area (Å²) in [7, 11) is 0. The Bertz CT molecular complexity index is 1160. The van der Waals surface area contributed by atoms with Gasteiger partial charge >= 0.3 is 0 Å². The maximum absolute atomic E-state index is 12.5. The second-order valence-corrected chi connectivity index (χ2v) is 8.02. The number of amides is 1. The third-order valence-corrected chi connectivity index (χ3v) is 6.07. The summed E-state index contributed by atoms with van der Waals surface area (Å²) in [6.45, 7) is 0. The minimum absolute atomic E-state index is 0.0749. The van der Waals surface area contributed by atoms with Crippen LogP contribution < -0.4 is 5.32 Å². The van der Waals surface area contributed by atoms with E-state index in [2.05, 4.69) is 28.5 Å². The van der Waals surface area contributed by atoms with Crippen LogP contribution in [0, 0.1) is 0 Å². The lowest BCUT2D eigenvalue weighted by Gasteiger charge is -2.40. The summed E-state index contributed by atoms with van der Waals surface area (Å²) >= 11 is 5.98. The van der Waals surface area contributed by atoms with Crippen molar-refractivity contribution in [3.63, 3.8) is 0 Å². The van der Waals surface area contributed by atoms with Gasteiger partial charge in [-0.25, -0.2) is 4.98 Å². The first kappa shape index (κ1) is 18.0. The molecule has 0 spiro atoms. The smallest absolute Gasteiger partial charge is 0.255 e. The van der Waals surface area contributed by atoms with Crippen molar-refractivity contribution in [1.29, 1.82) is 0 Å². The van der Waals surface area contributed by atoms with Crippen LogP contribution in [-0.4, -0.2) is 15.9 Å². The van der Waals surface area contributed by atoms with Crippen molar-refractivity contribution < 1.29 is 4.79 Å². The molecule has 1 aliphatic carbocycles. The van der Waals surface area contributed by atoms with Crippen molar-refractivity contribution >= 4 is 34.2 Å². The number of H-pyrrole nitrogens is 1. The Labute approximate surface area is 173 Å². The molecule has 0 bridgehead atoms. The first-order valence-corrected chi connectivity index (χ1v) is 10.1. The van der Waals surface area contributed by atoms with Gasteiger partial charge < -0.3 is 10.3 Å². The van der Waals surface area contributed by atoms with Gasteiger partial charge in [0.15, 0.2) is 0 Å². The van der Waals surface area contributed by atoms with Crippen LogP contribution in [0.5, 0.6) is 0 Å². The molecule has 4 aromatic rings. The van der Waals surface area contributed by atoms with Gasteiger partial charge in [-0.2, -0.15) is 0 Å².